The van der Waals surface area contributed by atoms with E-state index in [0.29, 0.717) is 18.0 Å². The fraction of sp³-hybridized carbons (Fsp3) is 0.308. The van der Waals surface area contributed by atoms with Gasteiger partial charge in [-0.05, 0) is 18.2 Å². The summed E-state index contributed by atoms with van der Waals surface area (Å²) in [4.78, 5) is 11.6. The molecule has 2 aromatic rings. The number of halogens is 1. The molecule has 0 radical (unpaired) electrons. The molecule has 1 unspecified atom stereocenters. The highest BCUT2D eigenvalue weighted by molar-refractivity contribution is 6.31. The second kappa shape index (κ2) is 4.63. The summed E-state index contributed by atoms with van der Waals surface area (Å²) in [6.07, 6.45) is 2.13. The van der Waals surface area contributed by atoms with Gasteiger partial charge in [0, 0.05) is 41.5 Å². The normalized spacial score (nSPS) is 20.7. The average molecular weight is 265 g/mol. The number of rotatable bonds is 1. The number of carbonyl (C=O) groups is 1. The minimum absolute atomic E-state index is 0.00470. The van der Waals surface area contributed by atoms with Crippen LogP contribution >= 0.6 is 11.6 Å². The third-order valence-electron chi connectivity index (χ3n) is 3.17. The minimum atomic E-state index is -0.00470. The average Bonchev–Trinajstić information content (AvgIpc) is 2.63. The summed E-state index contributed by atoms with van der Waals surface area (Å²) in [5, 5.41) is 7.84. The molecule has 1 aromatic heterocycles. The molecule has 4 nitrogen and oxygen atoms in total. The van der Waals surface area contributed by atoms with Gasteiger partial charge in [-0.15, -0.1) is 0 Å². The zero-order valence-corrected chi connectivity index (χ0v) is 10.5. The predicted molar refractivity (Wildman–Crippen MR) is 69.6 cm³/mol. The number of nitrogens with one attached hydrogen (secondary N) is 2. The number of hydrogen-bond acceptors (Lipinski definition) is 3. The highest BCUT2D eigenvalue weighted by atomic mass is 35.5. The van der Waals surface area contributed by atoms with Crippen molar-refractivity contribution >= 4 is 28.5 Å². The van der Waals surface area contributed by atoms with Crippen LogP contribution in [-0.4, -0.2) is 19.0 Å². The zero-order valence-electron chi connectivity index (χ0n) is 9.70. The van der Waals surface area contributed by atoms with Crippen LogP contribution in [0.25, 0.3) is 11.0 Å². The molecule has 1 aliphatic rings. The van der Waals surface area contributed by atoms with Crippen molar-refractivity contribution in [3.8, 4) is 0 Å². The van der Waals surface area contributed by atoms with Crippen LogP contribution in [0, 0.1) is 0 Å². The lowest BCUT2D eigenvalue weighted by Crippen LogP contribution is -2.24. The molecule has 1 aliphatic heterocycles. The van der Waals surface area contributed by atoms with Gasteiger partial charge in [-0.2, -0.15) is 0 Å². The zero-order chi connectivity index (χ0) is 12.5. The second-order valence-corrected chi connectivity index (χ2v) is 4.83. The molecule has 1 amide bonds. The van der Waals surface area contributed by atoms with Gasteiger partial charge in [-0.1, -0.05) is 11.6 Å². The molecule has 0 spiro atoms. The van der Waals surface area contributed by atoms with Crippen molar-refractivity contribution in [2.45, 2.75) is 12.5 Å². The predicted octanol–water partition coefficient (Wildman–Crippen LogP) is 2.24. The fourth-order valence-electron chi connectivity index (χ4n) is 2.29. The lowest BCUT2D eigenvalue weighted by atomic mass is 10.0. The Morgan fingerprint density at radius 1 is 1.33 bits per heavy atom. The Morgan fingerprint density at radius 3 is 3.11 bits per heavy atom. The molecule has 1 aromatic carbocycles. The molecule has 94 valence electrons. The summed E-state index contributed by atoms with van der Waals surface area (Å²) in [5.74, 6) is 0.0633. The Bertz CT molecular complexity index is 594. The van der Waals surface area contributed by atoms with Crippen molar-refractivity contribution in [3.05, 3.63) is 35.0 Å². The molecule has 2 N–H and O–H groups in total. The number of hydrogen-bond donors (Lipinski definition) is 2. The van der Waals surface area contributed by atoms with Crippen LogP contribution in [0.1, 0.15) is 18.0 Å². The SMILES string of the molecule is O=C1CC(c2coc3cc(Cl)ccc23)NCCN1. The first kappa shape index (κ1) is 11.6. The van der Waals surface area contributed by atoms with Crippen LogP contribution < -0.4 is 10.6 Å². The van der Waals surface area contributed by atoms with E-state index < -0.39 is 0 Å². The van der Waals surface area contributed by atoms with Crippen molar-refractivity contribution in [1.82, 2.24) is 10.6 Å². The molecule has 5 heteroatoms. The van der Waals surface area contributed by atoms with Gasteiger partial charge in [0.2, 0.25) is 5.91 Å². The Hall–Kier alpha value is -1.52. The number of carbonyl (C=O) groups excluding carboxylic acids is 1. The lowest BCUT2D eigenvalue weighted by Gasteiger charge is -2.12. The van der Waals surface area contributed by atoms with E-state index in [1.807, 2.05) is 12.1 Å². The third-order valence-corrected chi connectivity index (χ3v) is 3.41. The third kappa shape index (κ3) is 2.09. The van der Waals surface area contributed by atoms with Crippen molar-refractivity contribution < 1.29 is 9.21 Å². The van der Waals surface area contributed by atoms with Gasteiger partial charge in [0.1, 0.15) is 5.58 Å². The summed E-state index contributed by atoms with van der Waals surface area (Å²) in [6.45, 7) is 1.42. The Labute approximate surface area is 109 Å². The number of furan rings is 1. The van der Waals surface area contributed by atoms with Crippen molar-refractivity contribution in [1.29, 1.82) is 0 Å². The van der Waals surface area contributed by atoms with Gasteiger partial charge >= 0.3 is 0 Å². The van der Waals surface area contributed by atoms with E-state index in [9.17, 15) is 4.79 Å². The summed E-state index contributed by atoms with van der Waals surface area (Å²) < 4.78 is 5.50. The van der Waals surface area contributed by atoms with Crippen LogP contribution in [0.5, 0.6) is 0 Å². The highest BCUT2D eigenvalue weighted by Crippen LogP contribution is 2.30. The smallest absolute Gasteiger partial charge is 0.221 e. The summed E-state index contributed by atoms with van der Waals surface area (Å²) in [7, 11) is 0. The van der Waals surface area contributed by atoms with Gasteiger partial charge in [0.05, 0.1) is 6.26 Å². The topological polar surface area (TPSA) is 54.3 Å². The Balaban J connectivity index is 2.00. The van der Waals surface area contributed by atoms with E-state index in [1.165, 1.54) is 0 Å². The molecule has 0 aliphatic carbocycles. The van der Waals surface area contributed by atoms with E-state index >= 15 is 0 Å². The molecule has 2 heterocycles. The molecular formula is C13H13ClN2O2. The Kier molecular flexibility index (Phi) is 2.97. The molecule has 0 saturated carbocycles. The van der Waals surface area contributed by atoms with E-state index in [1.54, 1.807) is 12.3 Å². The Morgan fingerprint density at radius 2 is 2.22 bits per heavy atom. The van der Waals surface area contributed by atoms with Crippen LogP contribution in [0.4, 0.5) is 0 Å². The lowest BCUT2D eigenvalue weighted by molar-refractivity contribution is -0.121. The van der Waals surface area contributed by atoms with Crippen LogP contribution in [0.2, 0.25) is 5.02 Å². The minimum Gasteiger partial charge on any atom is -0.464 e. The van der Waals surface area contributed by atoms with Crippen LogP contribution in [0.15, 0.2) is 28.9 Å². The standard InChI is InChI=1S/C13H13ClN2O2/c14-8-1-2-9-10(7-18-12(9)5-8)11-6-13(17)16-4-3-15-11/h1-2,5,7,11,15H,3-4,6H2,(H,16,17). The molecule has 3 rings (SSSR count). The first-order chi connectivity index (χ1) is 8.74. The highest BCUT2D eigenvalue weighted by Gasteiger charge is 2.22. The summed E-state index contributed by atoms with van der Waals surface area (Å²) in [5.41, 5.74) is 1.77. The van der Waals surface area contributed by atoms with Gasteiger partial charge in [0.15, 0.2) is 0 Å². The van der Waals surface area contributed by atoms with Gasteiger partial charge < -0.3 is 15.1 Å². The molecule has 1 saturated heterocycles. The van der Waals surface area contributed by atoms with E-state index in [2.05, 4.69) is 10.6 Å². The first-order valence-corrected chi connectivity index (χ1v) is 6.28. The first-order valence-electron chi connectivity index (χ1n) is 5.91. The van der Waals surface area contributed by atoms with Gasteiger partial charge in [-0.3, -0.25) is 4.79 Å². The van der Waals surface area contributed by atoms with E-state index in [0.717, 1.165) is 23.1 Å². The van der Waals surface area contributed by atoms with Crippen molar-refractivity contribution in [2.24, 2.45) is 0 Å². The molecule has 1 fully saturated rings. The van der Waals surface area contributed by atoms with E-state index in [4.69, 9.17) is 16.0 Å². The maximum Gasteiger partial charge on any atom is 0.221 e. The van der Waals surface area contributed by atoms with Crippen LogP contribution in [-0.2, 0) is 4.79 Å². The number of fused-ring (bicyclic) bond motifs is 1. The fourth-order valence-corrected chi connectivity index (χ4v) is 2.45. The summed E-state index contributed by atoms with van der Waals surface area (Å²) in [6, 6.07) is 5.55. The van der Waals surface area contributed by atoms with Crippen molar-refractivity contribution in [2.75, 3.05) is 13.1 Å². The molecular weight excluding hydrogens is 252 g/mol. The number of amides is 1. The van der Waals surface area contributed by atoms with E-state index in [-0.39, 0.29) is 11.9 Å². The molecule has 0 bridgehead atoms. The second-order valence-electron chi connectivity index (χ2n) is 4.39. The van der Waals surface area contributed by atoms with Gasteiger partial charge in [0.25, 0.3) is 0 Å². The van der Waals surface area contributed by atoms with Gasteiger partial charge in [-0.25, -0.2) is 0 Å². The number of benzene rings is 1. The largest absolute Gasteiger partial charge is 0.464 e. The summed E-state index contributed by atoms with van der Waals surface area (Å²) >= 11 is 5.92. The van der Waals surface area contributed by atoms with Crippen molar-refractivity contribution in [3.63, 3.8) is 0 Å². The maximum absolute atomic E-state index is 11.6. The molecule has 1 atom stereocenters. The molecule has 18 heavy (non-hydrogen) atoms. The maximum atomic E-state index is 11.6. The monoisotopic (exact) mass is 264 g/mol. The quantitative estimate of drug-likeness (QED) is 0.831. The van der Waals surface area contributed by atoms with Crippen LogP contribution in [0.3, 0.4) is 0 Å².